The maximum atomic E-state index is 9.71. The Hall–Kier alpha value is 0.01000. The largest absolute Gasteiger partial charge is 0.388 e. The van der Waals surface area contributed by atoms with Crippen molar-refractivity contribution < 1.29 is 5.11 Å². The third-order valence-electron chi connectivity index (χ3n) is 2.09. The highest BCUT2D eigenvalue weighted by Crippen LogP contribution is 2.08. The first-order chi connectivity index (χ1) is 6.34. The van der Waals surface area contributed by atoms with Crippen LogP contribution < -0.4 is 5.32 Å². The summed E-state index contributed by atoms with van der Waals surface area (Å²) in [4.78, 5) is 0.764. The zero-order chi connectivity index (χ0) is 11.3. The summed E-state index contributed by atoms with van der Waals surface area (Å²) in [6.45, 7) is 10.3. The summed E-state index contributed by atoms with van der Waals surface area (Å²) in [5.41, 5.74) is 0. The summed E-state index contributed by atoms with van der Waals surface area (Å²) in [6.07, 6.45) is 0.328. The van der Waals surface area contributed by atoms with Crippen LogP contribution in [0.1, 0.15) is 41.0 Å². The van der Waals surface area contributed by atoms with E-state index in [1.165, 1.54) is 0 Å². The van der Waals surface area contributed by atoms with Crippen molar-refractivity contribution >= 4 is 17.1 Å². The smallest absolute Gasteiger partial charge is 0.0875 e. The molecule has 0 heterocycles. The van der Waals surface area contributed by atoms with Crippen molar-refractivity contribution in [3.63, 3.8) is 0 Å². The van der Waals surface area contributed by atoms with Gasteiger partial charge in [-0.15, -0.1) is 0 Å². The lowest BCUT2D eigenvalue weighted by Gasteiger charge is -2.21. The normalized spacial score (nSPS) is 16.0. The number of hydrogen-bond acceptors (Lipinski definition) is 3. The molecule has 2 atom stereocenters. The van der Waals surface area contributed by atoms with Gasteiger partial charge in [-0.05, 0) is 19.3 Å². The minimum Gasteiger partial charge on any atom is -0.388 e. The molecule has 0 amide bonds. The molecule has 0 saturated carbocycles. The lowest BCUT2D eigenvalue weighted by Crippen LogP contribution is -2.36. The van der Waals surface area contributed by atoms with Crippen LogP contribution in [0, 0.1) is 5.92 Å². The summed E-state index contributed by atoms with van der Waals surface area (Å²) in [5, 5.41) is 13.1. The molecule has 84 valence electrons. The van der Waals surface area contributed by atoms with Crippen LogP contribution in [0.4, 0.5) is 0 Å². The standard InChI is InChI=1S/C11H23NOS/c1-7(2)11(13)10(14)6-9(5)12-8(3)4/h7-9,11-13H,6H2,1-5H3. The van der Waals surface area contributed by atoms with E-state index in [4.69, 9.17) is 12.2 Å². The van der Waals surface area contributed by atoms with Gasteiger partial charge in [0.25, 0.3) is 0 Å². The quantitative estimate of drug-likeness (QED) is 0.669. The lowest BCUT2D eigenvalue weighted by atomic mass is 10.00. The van der Waals surface area contributed by atoms with Crippen LogP contribution in [-0.2, 0) is 0 Å². The molecule has 3 heteroatoms. The van der Waals surface area contributed by atoms with Gasteiger partial charge in [-0.1, -0.05) is 39.9 Å². The van der Waals surface area contributed by atoms with Gasteiger partial charge in [0.2, 0.25) is 0 Å². The van der Waals surface area contributed by atoms with Crippen molar-refractivity contribution in [2.75, 3.05) is 0 Å². The number of aliphatic hydroxyl groups excluding tert-OH is 1. The summed E-state index contributed by atoms with van der Waals surface area (Å²) < 4.78 is 0. The Kier molecular flexibility index (Phi) is 6.49. The van der Waals surface area contributed by atoms with Crippen molar-refractivity contribution in [2.45, 2.75) is 59.2 Å². The molecule has 2 unspecified atom stereocenters. The Morgan fingerprint density at radius 1 is 1.21 bits per heavy atom. The first-order valence-electron chi connectivity index (χ1n) is 5.31. The number of nitrogens with one attached hydrogen (secondary N) is 1. The fourth-order valence-electron chi connectivity index (χ4n) is 1.42. The van der Waals surface area contributed by atoms with E-state index in [0.717, 1.165) is 11.3 Å². The number of rotatable bonds is 6. The molecule has 0 aromatic heterocycles. The molecule has 0 fully saturated rings. The third-order valence-corrected chi connectivity index (χ3v) is 2.49. The van der Waals surface area contributed by atoms with Gasteiger partial charge in [-0.3, -0.25) is 0 Å². The molecule has 0 saturated heterocycles. The summed E-state index contributed by atoms with van der Waals surface area (Å²) in [7, 11) is 0. The maximum Gasteiger partial charge on any atom is 0.0875 e. The number of aliphatic hydroxyl groups is 1. The molecule has 0 bridgehead atoms. The topological polar surface area (TPSA) is 32.3 Å². The highest BCUT2D eigenvalue weighted by molar-refractivity contribution is 7.80. The second-order valence-corrected chi connectivity index (χ2v) is 5.11. The first kappa shape index (κ1) is 14.0. The number of thiocarbonyl (C=S) groups is 1. The van der Waals surface area contributed by atoms with Crippen molar-refractivity contribution in [1.29, 1.82) is 0 Å². The Labute approximate surface area is 93.1 Å². The van der Waals surface area contributed by atoms with Gasteiger partial charge in [0.05, 0.1) is 6.10 Å². The highest BCUT2D eigenvalue weighted by atomic mass is 32.1. The van der Waals surface area contributed by atoms with Gasteiger partial charge in [0.15, 0.2) is 0 Å². The molecule has 0 aliphatic rings. The monoisotopic (exact) mass is 217 g/mol. The van der Waals surface area contributed by atoms with E-state index in [-0.39, 0.29) is 5.92 Å². The molecule has 0 aromatic carbocycles. The van der Waals surface area contributed by atoms with Crippen LogP contribution in [0.5, 0.6) is 0 Å². The van der Waals surface area contributed by atoms with E-state index in [2.05, 4.69) is 26.1 Å². The van der Waals surface area contributed by atoms with Crippen molar-refractivity contribution in [3.8, 4) is 0 Å². The van der Waals surface area contributed by atoms with E-state index in [1.807, 2.05) is 13.8 Å². The molecule has 0 aliphatic carbocycles. The van der Waals surface area contributed by atoms with Crippen LogP contribution in [0.2, 0.25) is 0 Å². The van der Waals surface area contributed by atoms with Gasteiger partial charge in [-0.2, -0.15) is 0 Å². The predicted octanol–water partition coefficient (Wildman–Crippen LogP) is 2.15. The van der Waals surface area contributed by atoms with E-state index >= 15 is 0 Å². The fraction of sp³-hybridized carbons (Fsp3) is 0.909. The highest BCUT2D eigenvalue weighted by Gasteiger charge is 2.17. The van der Waals surface area contributed by atoms with Crippen LogP contribution in [0.3, 0.4) is 0 Å². The van der Waals surface area contributed by atoms with Gasteiger partial charge >= 0.3 is 0 Å². The molecule has 0 aromatic rings. The third kappa shape index (κ3) is 5.68. The summed E-state index contributed by atoms with van der Waals surface area (Å²) in [6, 6.07) is 0.805. The van der Waals surface area contributed by atoms with Crippen molar-refractivity contribution in [3.05, 3.63) is 0 Å². The zero-order valence-electron chi connectivity index (χ0n) is 9.87. The first-order valence-corrected chi connectivity index (χ1v) is 5.72. The van der Waals surface area contributed by atoms with Gasteiger partial charge in [-0.25, -0.2) is 0 Å². The minimum absolute atomic E-state index is 0.216. The summed E-state index contributed by atoms with van der Waals surface area (Å²) in [5.74, 6) is 0.216. The zero-order valence-corrected chi connectivity index (χ0v) is 10.7. The van der Waals surface area contributed by atoms with Crippen LogP contribution in [-0.4, -0.2) is 28.2 Å². The van der Waals surface area contributed by atoms with Gasteiger partial charge in [0.1, 0.15) is 0 Å². The Balaban J connectivity index is 3.93. The Morgan fingerprint density at radius 2 is 1.71 bits per heavy atom. The molecule has 0 aliphatic heterocycles. The molecule has 2 nitrogen and oxygen atoms in total. The van der Waals surface area contributed by atoms with Gasteiger partial charge < -0.3 is 10.4 Å². The molecule has 0 spiro atoms. The average Bonchev–Trinajstić information content (AvgIpc) is 2.00. The fourth-order valence-corrected chi connectivity index (χ4v) is 1.94. The molecular weight excluding hydrogens is 194 g/mol. The molecule has 2 N–H and O–H groups in total. The van der Waals surface area contributed by atoms with Gasteiger partial charge in [0, 0.05) is 16.9 Å². The molecule has 14 heavy (non-hydrogen) atoms. The predicted molar refractivity (Wildman–Crippen MR) is 65.8 cm³/mol. The minimum atomic E-state index is -0.443. The Morgan fingerprint density at radius 3 is 2.07 bits per heavy atom. The van der Waals surface area contributed by atoms with E-state index in [9.17, 15) is 5.11 Å². The molecule has 0 radical (unpaired) electrons. The second-order valence-electron chi connectivity index (χ2n) is 4.58. The van der Waals surface area contributed by atoms with Crippen LogP contribution >= 0.6 is 12.2 Å². The lowest BCUT2D eigenvalue weighted by molar-refractivity contribution is 0.189. The van der Waals surface area contributed by atoms with Crippen LogP contribution in [0.25, 0.3) is 0 Å². The van der Waals surface area contributed by atoms with Crippen molar-refractivity contribution in [1.82, 2.24) is 5.32 Å². The van der Waals surface area contributed by atoms with Crippen molar-refractivity contribution in [2.24, 2.45) is 5.92 Å². The molecule has 0 rings (SSSR count). The Bertz CT molecular complexity index is 180. The molecular formula is C11H23NOS. The van der Waals surface area contributed by atoms with E-state index < -0.39 is 6.10 Å². The van der Waals surface area contributed by atoms with E-state index in [0.29, 0.717) is 12.1 Å². The number of hydrogen-bond donors (Lipinski definition) is 2. The average molecular weight is 217 g/mol. The second kappa shape index (κ2) is 6.49. The SMILES string of the molecule is CC(C)NC(C)CC(=S)C(O)C(C)C. The van der Waals surface area contributed by atoms with Crippen LogP contribution in [0.15, 0.2) is 0 Å². The van der Waals surface area contributed by atoms with E-state index in [1.54, 1.807) is 0 Å². The summed E-state index contributed by atoms with van der Waals surface area (Å²) >= 11 is 5.19. The maximum absolute atomic E-state index is 9.71.